The van der Waals surface area contributed by atoms with Crippen LogP contribution in [0.25, 0.3) is 11.0 Å². The van der Waals surface area contributed by atoms with Crippen LogP contribution in [0.4, 0.5) is 0 Å². The van der Waals surface area contributed by atoms with Gasteiger partial charge in [0.2, 0.25) is 0 Å². The molecule has 0 saturated heterocycles. The molecule has 1 fully saturated rings. The average molecular weight is 291 g/mol. The van der Waals surface area contributed by atoms with Crippen molar-refractivity contribution in [1.82, 2.24) is 9.55 Å². The Kier molecular flexibility index (Phi) is 3.32. The Balaban J connectivity index is 2.16. The Morgan fingerprint density at radius 1 is 1.40 bits per heavy atom. The molecule has 3 rings (SSSR count). The van der Waals surface area contributed by atoms with Gasteiger partial charge in [0.25, 0.3) is 0 Å². The molecule has 0 amide bonds. The minimum Gasteiger partial charge on any atom is -0.324 e. The Morgan fingerprint density at radius 2 is 2.15 bits per heavy atom. The predicted molar refractivity (Wildman–Crippen MR) is 85.4 cm³/mol. The van der Waals surface area contributed by atoms with Crippen molar-refractivity contribution in [2.24, 2.45) is 5.41 Å². The molecule has 1 aromatic heterocycles. The molecule has 0 aliphatic heterocycles. The monoisotopic (exact) mass is 290 g/mol. The predicted octanol–water partition coefficient (Wildman–Crippen LogP) is 5.40. The summed E-state index contributed by atoms with van der Waals surface area (Å²) in [6.45, 7) is 8.88. The van der Waals surface area contributed by atoms with Crippen LogP contribution in [-0.4, -0.2) is 9.55 Å². The third kappa shape index (κ3) is 2.35. The maximum Gasteiger partial charge on any atom is 0.127 e. The zero-order valence-electron chi connectivity index (χ0n) is 12.8. The highest BCUT2D eigenvalue weighted by Gasteiger charge is 2.34. The summed E-state index contributed by atoms with van der Waals surface area (Å²) in [6.07, 6.45) is 3.71. The van der Waals surface area contributed by atoms with E-state index in [0.29, 0.717) is 11.5 Å². The van der Waals surface area contributed by atoms with Gasteiger partial charge in [-0.1, -0.05) is 19.9 Å². The van der Waals surface area contributed by atoms with Crippen molar-refractivity contribution in [2.45, 2.75) is 58.4 Å². The van der Waals surface area contributed by atoms with Gasteiger partial charge >= 0.3 is 0 Å². The molecule has 0 N–H and O–H groups in total. The molecule has 0 spiro atoms. The molecule has 1 saturated carbocycles. The summed E-state index contributed by atoms with van der Waals surface area (Å²) in [7, 11) is 0. The zero-order valence-corrected chi connectivity index (χ0v) is 13.5. The number of nitrogens with zero attached hydrogens (tertiary/aromatic N) is 2. The van der Waals surface area contributed by atoms with Crippen LogP contribution in [0.15, 0.2) is 18.2 Å². The fraction of sp³-hybridized carbons (Fsp3) is 0.588. The van der Waals surface area contributed by atoms with E-state index in [0.717, 1.165) is 11.3 Å². The van der Waals surface area contributed by atoms with Gasteiger partial charge in [0.15, 0.2) is 0 Å². The SMILES string of the molecule is Cc1ccc2nc(C(C)Cl)n(C3CCC(C)(C)C3)c2c1. The largest absolute Gasteiger partial charge is 0.324 e. The number of alkyl halides is 1. The highest BCUT2D eigenvalue weighted by Crippen LogP contribution is 2.45. The highest BCUT2D eigenvalue weighted by atomic mass is 35.5. The van der Waals surface area contributed by atoms with Crippen LogP contribution in [0, 0.1) is 12.3 Å². The van der Waals surface area contributed by atoms with E-state index in [-0.39, 0.29) is 5.38 Å². The van der Waals surface area contributed by atoms with Crippen molar-refractivity contribution in [2.75, 3.05) is 0 Å². The molecule has 0 bridgehead atoms. The fourth-order valence-electron chi connectivity index (χ4n) is 3.51. The van der Waals surface area contributed by atoms with Crippen molar-refractivity contribution < 1.29 is 0 Å². The first-order valence-electron chi connectivity index (χ1n) is 7.50. The van der Waals surface area contributed by atoms with Crippen molar-refractivity contribution >= 4 is 22.6 Å². The van der Waals surface area contributed by atoms with E-state index >= 15 is 0 Å². The summed E-state index contributed by atoms with van der Waals surface area (Å²) >= 11 is 6.39. The van der Waals surface area contributed by atoms with E-state index in [1.165, 1.54) is 30.3 Å². The smallest absolute Gasteiger partial charge is 0.127 e. The van der Waals surface area contributed by atoms with Gasteiger partial charge < -0.3 is 4.57 Å². The molecule has 0 radical (unpaired) electrons. The van der Waals surface area contributed by atoms with Crippen LogP contribution >= 0.6 is 11.6 Å². The fourth-order valence-corrected chi connectivity index (χ4v) is 3.66. The second-order valence-electron chi connectivity index (χ2n) is 7.01. The lowest BCUT2D eigenvalue weighted by Crippen LogP contribution is -2.12. The molecular weight excluding hydrogens is 268 g/mol. The second kappa shape index (κ2) is 4.77. The lowest BCUT2D eigenvalue weighted by Gasteiger charge is -2.21. The number of hydrogen-bond donors (Lipinski definition) is 0. The number of aryl methyl sites for hydroxylation is 1. The molecule has 1 aromatic carbocycles. The first-order chi connectivity index (χ1) is 9.37. The molecule has 2 aromatic rings. The van der Waals surface area contributed by atoms with Crippen LogP contribution in [0.1, 0.15) is 62.8 Å². The van der Waals surface area contributed by atoms with Gasteiger partial charge in [0.05, 0.1) is 16.4 Å². The maximum absolute atomic E-state index is 6.39. The van der Waals surface area contributed by atoms with Gasteiger partial charge in [0.1, 0.15) is 5.82 Å². The van der Waals surface area contributed by atoms with Crippen LogP contribution in [0.2, 0.25) is 0 Å². The van der Waals surface area contributed by atoms with E-state index in [2.05, 4.69) is 43.5 Å². The number of hydrogen-bond acceptors (Lipinski definition) is 1. The Morgan fingerprint density at radius 3 is 2.75 bits per heavy atom. The van der Waals surface area contributed by atoms with Crippen molar-refractivity contribution in [3.8, 4) is 0 Å². The average Bonchev–Trinajstić information content (AvgIpc) is 2.88. The van der Waals surface area contributed by atoms with E-state index in [9.17, 15) is 0 Å². The van der Waals surface area contributed by atoms with Gasteiger partial charge in [-0.2, -0.15) is 0 Å². The van der Waals surface area contributed by atoms with Crippen molar-refractivity contribution in [1.29, 1.82) is 0 Å². The van der Waals surface area contributed by atoms with E-state index in [4.69, 9.17) is 16.6 Å². The highest BCUT2D eigenvalue weighted by molar-refractivity contribution is 6.20. The molecule has 1 heterocycles. The van der Waals surface area contributed by atoms with Crippen LogP contribution in [0.3, 0.4) is 0 Å². The molecular formula is C17H23ClN2. The Bertz CT molecular complexity index is 640. The number of imidazole rings is 1. The second-order valence-corrected chi connectivity index (χ2v) is 7.66. The summed E-state index contributed by atoms with van der Waals surface area (Å²) in [4.78, 5) is 4.78. The van der Waals surface area contributed by atoms with Gasteiger partial charge in [0, 0.05) is 6.04 Å². The minimum absolute atomic E-state index is 0.0496. The lowest BCUT2D eigenvalue weighted by molar-refractivity contribution is 0.358. The number of aromatic nitrogens is 2. The van der Waals surface area contributed by atoms with Crippen LogP contribution in [0.5, 0.6) is 0 Å². The first kappa shape index (κ1) is 13.9. The molecule has 20 heavy (non-hydrogen) atoms. The standard InChI is InChI=1S/C17H23ClN2/c1-11-5-6-14-15(9-11)20(16(19-14)12(2)18)13-7-8-17(3,4)10-13/h5-6,9,12-13H,7-8,10H2,1-4H3. The van der Waals surface area contributed by atoms with E-state index < -0.39 is 0 Å². The number of fused-ring (bicyclic) bond motifs is 1. The third-order valence-electron chi connectivity index (χ3n) is 4.54. The van der Waals surface area contributed by atoms with Crippen LogP contribution in [-0.2, 0) is 0 Å². The van der Waals surface area contributed by atoms with Gasteiger partial charge in [-0.3, -0.25) is 0 Å². The topological polar surface area (TPSA) is 17.8 Å². The molecule has 2 atom stereocenters. The van der Waals surface area contributed by atoms with Gasteiger partial charge in [-0.05, 0) is 56.2 Å². The van der Waals surface area contributed by atoms with Gasteiger partial charge in [-0.25, -0.2) is 4.98 Å². The maximum atomic E-state index is 6.39. The normalized spacial score (nSPS) is 23.4. The number of rotatable bonds is 2. The first-order valence-corrected chi connectivity index (χ1v) is 7.93. The third-order valence-corrected chi connectivity index (χ3v) is 4.73. The summed E-state index contributed by atoms with van der Waals surface area (Å²) in [6, 6.07) is 7.02. The summed E-state index contributed by atoms with van der Waals surface area (Å²) < 4.78 is 2.41. The lowest BCUT2D eigenvalue weighted by atomic mass is 9.92. The van der Waals surface area contributed by atoms with Gasteiger partial charge in [-0.15, -0.1) is 11.6 Å². The molecule has 1 aliphatic rings. The zero-order chi connectivity index (χ0) is 14.5. The summed E-state index contributed by atoms with van der Waals surface area (Å²) in [5, 5.41) is -0.0496. The summed E-state index contributed by atoms with van der Waals surface area (Å²) in [5.41, 5.74) is 4.03. The molecule has 3 heteroatoms. The molecule has 2 nitrogen and oxygen atoms in total. The van der Waals surface area contributed by atoms with Crippen LogP contribution < -0.4 is 0 Å². The van der Waals surface area contributed by atoms with E-state index in [1.807, 2.05) is 6.92 Å². The Labute approximate surface area is 126 Å². The van der Waals surface area contributed by atoms with Crippen molar-refractivity contribution in [3.63, 3.8) is 0 Å². The number of benzene rings is 1. The van der Waals surface area contributed by atoms with Crippen molar-refractivity contribution in [3.05, 3.63) is 29.6 Å². The quantitative estimate of drug-likeness (QED) is 0.678. The summed E-state index contributed by atoms with van der Waals surface area (Å²) in [5.74, 6) is 1.02. The molecule has 2 unspecified atom stereocenters. The Hall–Kier alpha value is -1.02. The number of halogens is 1. The minimum atomic E-state index is -0.0496. The molecule has 108 valence electrons. The molecule has 1 aliphatic carbocycles. The van der Waals surface area contributed by atoms with E-state index in [1.54, 1.807) is 0 Å².